The highest BCUT2D eigenvalue weighted by molar-refractivity contribution is 5.78. The lowest BCUT2D eigenvalue weighted by Gasteiger charge is -2.72. The Morgan fingerprint density at radius 1 is 0.917 bits per heavy atom. The van der Waals surface area contributed by atoms with Gasteiger partial charge in [0, 0.05) is 5.41 Å². The van der Waals surface area contributed by atoms with Crippen LogP contribution in [0.4, 0.5) is 0 Å². The molecule has 36 heavy (non-hydrogen) atoms. The highest BCUT2D eigenvalue weighted by atomic mass is 16.5. The van der Waals surface area contributed by atoms with Crippen molar-refractivity contribution >= 4 is 5.97 Å². The zero-order chi connectivity index (χ0) is 26.3. The fraction of sp³-hybridized carbons (Fsp3) is 0.906. The van der Waals surface area contributed by atoms with Gasteiger partial charge in [-0.25, -0.2) is 0 Å². The third-order valence-electron chi connectivity index (χ3n) is 13.9. The van der Waals surface area contributed by atoms with E-state index in [0.717, 1.165) is 51.4 Å². The lowest BCUT2D eigenvalue weighted by Crippen LogP contribution is -2.67. The van der Waals surface area contributed by atoms with Gasteiger partial charge >= 0.3 is 5.97 Å². The van der Waals surface area contributed by atoms with Crippen molar-refractivity contribution in [1.82, 2.24) is 0 Å². The molecule has 0 amide bonds. The van der Waals surface area contributed by atoms with Gasteiger partial charge in [-0.2, -0.15) is 0 Å². The Labute approximate surface area is 219 Å². The molecule has 5 saturated carbocycles. The molecule has 2 unspecified atom stereocenters. The van der Waals surface area contributed by atoms with E-state index in [1.807, 2.05) is 6.92 Å². The number of hydrogen-bond acceptors (Lipinski definition) is 4. The maximum atomic E-state index is 13.6. The van der Waals surface area contributed by atoms with Crippen LogP contribution in [0.1, 0.15) is 106 Å². The number of ether oxygens (including phenoxy) is 1. The first-order chi connectivity index (χ1) is 16.9. The number of aliphatic hydroxyl groups excluding tert-OH is 2. The van der Waals surface area contributed by atoms with Gasteiger partial charge in [0.2, 0.25) is 0 Å². The fourth-order valence-electron chi connectivity index (χ4n) is 11.8. The number of hydrogen-bond donors (Lipinski definition) is 2. The fourth-order valence-corrected chi connectivity index (χ4v) is 11.8. The van der Waals surface area contributed by atoms with E-state index >= 15 is 0 Å². The summed E-state index contributed by atoms with van der Waals surface area (Å²) in [5.41, 5.74) is 1.01. The van der Waals surface area contributed by atoms with Crippen LogP contribution in [0, 0.1) is 56.7 Å². The monoisotopic (exact) mass is 500 g/mol. The van der Waals surface area contributed by atoms with Gasteiger partial charge in [-0.15, -0.1) is 0 Å². The number of esters is 1. The molecular weight excluding hydrogens is 448 g/mol. The maximum absolute atomic E-state index is 13.6. The van der Waals surface area contributed by atoms with Gasteiger partial charge < -0.3 is 14.9 Å². The van der Waals surface area contributed by atoms with Gasteiger partial charge in [0.1, 0.15) is 0 Å². The Bertz CT molecular complexity index is 914. The molecule has 0 aromatic rings. The molecule has 0 radical (unpaired) electrons. The quantitative estimate of drug-likeness (QED) is 0.340. The van der Waals surface area contributed by atoms with Gasteiger partial charge in [0.15, 0.2) is 0 Å². The van der Waals surface area contributed by atoms with Crippen LogP contribution < -0.4 is 0 Å². The van der Waals surface area contributed by atoms with Crippen molar-refractivity contribution in [2.45, 2.75) is 112 Å². The van der Waals surface area contributed by atoms with Gasteiger partial charge in [-0.05, 0) is 124 Å². The van der Waals surface area contributed by atoms with E-state index in [-0.39, 0.29) is 34.2 Å². The summed E-state index contributed by atoms with van der Waals surface area (Å²) < 4.78 is 5.77. The second-order valence-corrected chi connectivity index (χ2v) is 14.8. The average Bonchev–Trinajstić information content (AvgIpc) is 3.24. The number of fused-ring (bicyclic) bond motifs is 7. The van der Waals surface area contributed by atoms with Crippen molar-refractivity contribution in [1.29, 1.82) is 0 Å². The van der Waals surface area contributed by atoms with Gasteiger partial charge in [-0.1, -0.05) is 39.8 Å². The predicted octanol–water partition coefficient (Wildman–Crippen LogP) is 6.54. The molecule has 5 aliphatic rings. The van der Waals surface area contributed by atoms with Crippen LogP contribution >= 0.6 is 0 Å². The smallest absolute Gasteiger partial charge is 0.312 e. The number of rotatable bonds is 4. The summed E-state index contributed by atoms with van der Waals surface area (Å²) in [6.07, 6.45) is 10.1. The van der Waals surface area contributed by atoms with Crippen molar-refractivity contribution in [3.63, 3.8) is 0 Å². The molecule has 5 rings (SSSR count). The molecule has 4 heteroatoms. The van der Waals surface area contributed by atoms with Crippen molar-refractivity contribution in [3.8, 4) is 0 Å². The van der Waals surface area contributed by atoms with Gasteiger partial charge in [-0.3, -0.25) is 4.79 Å². The van der Waals surface area contributed by atoms with E-state index in [4.69, 9.17) is 4.74 Å². The molecule has 0 aromatic carbocycles. The average molecular weight is 501 g/mol. The summed E-state index contributed by atoms with van der Waals surface area (Å²) in [4.78, 5) is 13.6. The Morgan fingerprint density at radius 2 is 1.64 bits per heavy atom. The minimum atomic E-state index is -0.411. The topological polar surface area (TPSA) is 66.8 Å². The Hall–Kier alpha value is -0.870. The largest absolute Gasteiger partial charge is 0.466 e. The first kappa shape index (κ1) is 26.7. The molecular formula is C32H52O4. The molecule has 0 saturated heterocycles. The second-order valence-electron chi connectivity index (χ2n) is 14.8. The van der Waals surface area contributed by atoms with Crippen molar-refractivity contribution in [2.24, 2.45) is 56.7 Å². The number of carbonyl (C=O) groups excluding carboxylic acids is 1. The number of carbonyl (C=O) groups is 1. The zero-order valence-corrected chi connectivity index (χ0v) is 23.9. The Kier molecular flexibility index (Phi) is 6.36. The van der Waals surface area contributed by atoms with Crippen LogP contribution in [0.25, 0.3) is 0 Å². The summed E-state index contributed by atoms with van der Waals surface area (Å²) in [6, 6.07) is 0. The highest BCUT2D eigenvalue weighted by Crippen LogP contribution is 2.77. The normalized spacial score (nSPS) is 54.0. The van der Waals surface area contributed by atoms with E-state index in [0.29, 0.717) is 36.2 Å². The molecule has 204 valence electrons. The van der Waals surface area contributed by atoms with Crippen LogP contribution in [0.2, 0.25) is 0 Å². The van der Waals surface area contributed by atoms with Crippen molar-refractivity contribution in [3.05, 3.63) is 12.2 Å². The lowest BCUT2D eigenvalue weighted by atomic mass is 9.32. The molecule has 2 N–H and O–H groups in total. The summed E-state index contributed by atoms with van der Waals surface area (Å²) >= 11 is 0. The standard InChI is InChI=1S/C32H52O4/c1-8-36-27(35)32-16-11-21(20(2)3)26(32)22-9-10-24-28(4)14-13-25(34)29(5,19-33)23(28)12-15-31(24,7)30(22,6)17-18-32/h21-26,33-34H,2,8-19H2,1,3-7H3/t21-,22?,23+,24+,25?,26+,28-,29-,30+,31+,32-/m0/s1. The third kappa shape index (κ3) is 3.15. The molecule has 0 bridgehead atoms. The lowest BCUT2D eigenvalue weighted by molar-refractivity contribution is -0.254. The Morgan fingerprint density at radius 3 is 2.28 bits per heavy atom. The minimum Gasteiger partial charge on any atom is -0.466 e. The maximum Gasteiger partial charge on any atom is 0.312 e. The molecule has 0 aromatic heterocycles. The van der Waals surface area contributed by atoms with E-state index in [1.54, 1.807) is 0 Å². The SMILES string of the molecule is C=C(C)[C@@H]1CC[C@]2(C(=O)OCC)CC[C@]3(C)C(CC[C@@H]4[C@@]5(C)CCC(O)[C@@](C)(CO)[C@@H]5CC[C@]43C)[C@@H]12. The zero-order valence-electron chi connectivity index (χ0n) is 23.9. The van der Waals surface area contributed by atoms with Crippen LogP contribution in [0.15, 0.2) is 12.2 Å². The summed E-state index contributed by atoms with van der Waals surface area (Å²) in [6.45, 7) is 18.9. The highest BCUT2D eigenvalue weighted by Gasteiger charge is 2.72. The molecule has 4 nitrogen and oxygen atoms in total. The molecule has 11 atom stereocenters. The van der Waals surface area contributed by atoms with Gasteiger partial charge in [0.25, 0.3) is 0 Å². The molecule has 5 aliphatic carbocycles. The minimum absolute atomic E-state index is 0.0590. The van der Waals surface area contributed by atoms with E-state index in [1.165, 1.54) is 18.4 Å². The van der Waals surface area contributed by atoms with Gasteiger partial charge in [0.05, 0.1) is 24.7 Å². The second kappa shape index (κ2) is 8.57. The summed E-state index contributed by atoms with van der Waals surface area (Å²) in [5.74, 6) is 2.26. The Balaban J connectivity index is 1.55. The molecule has 0 spiro atoms. The first-order valence-corrected chi connectivity index (χ1v) is 15.0. The van der Waals surface area contributed by atoms with E-state index in [2.05, 4.69) is 41.2 Å². The summed E-state index contributed by atoms with van der Waals surface area (Å²) in [5, 5.41) is 21.4. The summed E-state index contributed by atoms with van der Waals surface area (Å²) in [7, 11) is 0. The predicted molar refractivity (Wildman–Crippen MR) is 143 cm³/mol. The van der Waals surface area contributed by atoms with E-state index < -0.39 is 11.5 Å². The van der Waals surface area contributed by atoms with Crippen LogP contribution in [0.5, 0.6) is 0 Å². The van der Waals surface area contributed by atoms with Crippen molar-refractivity contribution in [2.75, 3.05) is 13.2 Å². The number of aliphatic hydroxyl groups is 2. The first-order valence-electron chi connectivity index (χ1n) is 15.0. The number of allylic oxidation sites excluding steroid dienone is 1. The van der Waals surface area contributed by atoms with Crippen LogP contribution in [-0.4, -0.2) is 35.5 Å². The molecule has 0 heterocycles. The molecule has 5 fully saturated rings. The van der Waals surface area contributed by atoms with Crippen LogP contribution in [0.3, 0.4) is 0 Å². The van der Waals surface area contributed by atoms with Crippen molar-refractivity contribution < 1.29 is 19.7 Å². The third-order valence-corrected chi connectivity index (χ3v) is 13.9. The van der Waals surface area contributed by atoms with Crippen LogP contribution in [-0.2, 0) is 9.53 Å². The molecule has 0 aliphatic heterocycles. The van der Waals surface area contributed by atoms with E-state index in [9.17, 15) is 15.0 Å².